The van der Waals surface area contributed by atoms with E-state index < -0.39 is 0 Å². The van der Waals surface area contributed by atoms with E-state index in [-0.39, 0.29) is 6.61 Å². The molecule has 0 spiro atoms. The summed E-state index contributed by atoms with van der Waals surface area (Å²) < 4.78 is 0. The quantitative estimate of drug-likeness (QED) is 0.750. The van der Waals surface area contributed by atoms with Crippen LogP contribution >= 0.6 is 0 Å². The molecule has 1 fully saturated rings. The molecule has 3 heterocycles. The van der Waals surface area contributed by atoms with Gasteiger partial charge in [0.15, 0.2) is 0 Å². The van der Waals surface area contributed by atoms with Gasteiger partial charge in [-0.05, 0) is 17.3 Å². The molecule has 0 atom stereocenters. The van der Waals surface area contributed by atoms with Crippen molar-refractivity contribution in [3.05, 3.63) is 18.3 Å². The van der Waals surface area contributed by atoms with Crippen molar-refractivity contribution >= 4 is 5.82 Å². The second-order valence-electron chi connectivity index (χ2n) is 4.57. The average Bonchev–Trinajstić information content (AvgIpc) is 2.97. The zero-order chi connectivity index (χ0) is 13.8. The summed E-state index contributed by atoms with van der Waals surface area (Å²) in [4.78, 5) is 8.09. The summed E-state index contributed by atoms with van der Waals surface area (Å²) >= 11 is 0. The van der Waals surface area contributed by atoms with Crippen molar-refractivity contribution < 1.29 is 5.11 Å². The monoisotopic (exact) mass is 275 g/mol. The lowest BCUT2D eigenvalue weighted by molar-refractivity contribution is 0.259. The number of nitrogens with zero attached hydrogens (tertiary/aromatic N) is 6. The van der Waals surface area contributed by atoms with Crippen LogP contribution in [0.5, 0.6) is 0 Å². The van der Waals surface area contributed by atoms with Gasteiger partial charge in [-0.3, -0.25) is 0 Å². The first-order valence-electron chi connectivity index (χ1n) is 6.67. The molecule has 1 aliphatic heterocycles. The average molecular weight is 275 g/mol. The Kier molecular flexibility index (Phi) is 3.84. The third-order valence-electron chi connectivity index (χ3n) is 3.20. The van der Waals surface area contributed by atoms with Gasteiger partial charge in [-0.2, -0.15) is 4.80 Å². The van der Waals surface area contributed by atoms with Crippen LogP contribution in [0.4, 0.5) is 5.82 Å². The fourth-order valence-corrected chi connectivity index (χ4v) is 2.14. The van der Waals surface area contributed by atoms with E-state index in [2.05, 4.69) is 30.6 Å². The molecule has 20 heavy (non-hydrogen) atoms. The number of hydrogen-bond acceptors (Lipinski definition) is 7. The molecule has 0 saturated carbocycles. The van der Waals surface area contributed by atoms with E-state index >= 15 is 0 Å². The molecular weight excluding hydrogens is 258 g/mol. The minimum absolute atomic E-state index is 0.00398. The first kappa shape index (κ1) is 12.9. The molecule has 1 saturated heterocycles. The van der Waals surface area contributed by atoms with E-state index in [9.17, 15) is 0 Å². The van der Waals surface area contributed by atoms with Crippen molar-refractivity contribution in [1.82, 2.24) is 30.5 Å². The van der Waals surface area contributed by atoms with Crippen LogP contribution in [0.2, 0.25) is 0 Å². The number of nitrogens with one attached hydrogen (secondary N) is 1. The van der Waals surface area contributed by atoms with Crippen molar-refractivity contribution in [2.45, 2.75) is 6.54 Å². The van der Waals surface area contributed by atoms with Gasteiger partial charge >= 0.3 is 0 Å². The predicted molar refractivity (Wildman–Crippen MR) is 73.2 cm³/mol. The summed E-state index contributed by atoms with van der Waals surface area (Å²) in [6.07, 6.45) is 1.76. The smallest absolute Gasteiger partial charge is 0.206 e. The van der Waals surface area contributed by atoms with E-state index in [1.807, 2.05) is 12.1 Å². The van der Waals surface area contributed by atoms with E-state index in [0.29, 0.717) is 12.4 Å². The highest BCUT2D eigenvalue weighted by atomic mass is 16.3. The van der Waals surface area contributed by atoms with Crippen LogP contribution < -0.4 is 10.2 Å². The topological polar surface area (TPSA) is 92.0 Å². The first-order valence-corrected chi connectivity index (χ1v) is 6.67. The lowest BCUT2D eigenvalue weighted by atomic mass is 10.2. The van der Waals surface area contributed by atoms with Gasteiger partial charge in [-0.25, -0.2) is 4.98 Å². The van der Waals surface area contributed by atoms with Gasteiger partial charge in [0.25, 0.3) is 0 Å². The summed E-state index contributed by atoms with van der Waals surface area (Å²) in [6.45, 7) is 4.25. The van der Waals surface area contributed by atoms with Gasteiger partial charge in [0, 0.05) is 37.9 Å². The van der Waals surface area contributed by atoms with Gasteiger partial charge in [0.05, 0.1) is 13.2 Å². The Hall–Kier alpha value is -2.06. The number of aromatic nitrogens is 5. The van der Waals surface area contributed by atoms with Crippen molar-refractivity contribution in [2.24, 2.45) is 0 Å². The zero-order valence-electron chi connectivity index (χ0n) is 11.1. The molecule has 2 aromatic rings. The Labute approximate surface area is 116 Å². The van der Waals surface area contributed by atoms with Crippen molar-refractivity contribution in [3.8, 4) is 11.4 Å². The Balaban J connectivity index is 1.74. The molecule has 8 nitrogen and oxygen atoms in total. The first-order chi connectivity index (χ1) is 9.86. The van der Waals surface area contributed by atoms with Crippen LogP contribution in [0.3, 0.4) is 0 Å². The summed E-state index contributed by atoms with van der Waals surface area (Å²) in [5, 5.41) is 24.1. The highest BCUT2D eigenvalue weighted by Crippen LogP contribution is 2.17. The van der Waals surface area contributed by atoms with E-state index in [4.69, 9.17) is 5.11 Å². The molecule has 2 aromatic heterocycles. The van der Waals surface area contributed by atoms with Gasteiger partial charge in [-0.15, -0.1) is 10.2 Å². The number of hydrogen-bond donors (Lipinski definition) is 2. The van der Waals surface area contributed by atoms with Crippen molar-refractivity contribution in [2.75, 3.05) is 37.7 Å². The molecule has 0 unspecified atom stereocenters. The van der Waals surface area contributed by atoms with E-state index in [0.717, 1.165) is 37.6 Å². The fraction of sp³-hybridized carbons (Fsp3) is 0.500. The van der Waals surface area contributed by atoms with Crippen LogP contribution in [0.25, 0.3) is 11.4 Å². The number of anilines is 1. The third-order valence-corrected chi connectivity index (χ3v) is 3.20. The number of piperazine rings is 1. The standard InChI is InChI=1S/C12H17N7O/c20-8-7-19-16-12(15-17-19)10-1-2-11(14-9-10)18-5-3-13-4-6-18/h1-2,9,13,20H,3-8H2. The highest BCUT2D eigenvalue weighted by Gasteiger charge is 2.12. The second kappa shape index (κ2) is 5.93. The molecule has 106 valence electrons. The van der Waals surface area contributed by atoms with Crippen LogP contribution in [-0.2, 0) is 6.54 Å². The van der Waals surface area contributed by atoms with Crippen molar-refractivity contribution in [3.63, 3.8) is 0 Å². The molecule has 0 bridgehead atoms. The maximum absolute atomic E-state index is 8.83. The summed E-state index contributed by atoms with van der Waals surface area (Å²) in [5.41, 5.74) is 0.827. The van der Waals surface area contributed by atoms with Gasteiger partial charge < -0.3 is 15.3 Å². The van der Waals surface area contributed by atoms with Crippen molar-refractivity contribution in [1.29, 1.82) is 0 Å². The minimum atomic E-state index is -0.00398. The zero-order valence-corrected chi connectivity index (χ0v) is 11.1. The summed E-state index contributed by atoms with van der Waals surface area (Å²) in [5.74, 6) is 1.50. The highest BCUT2D eigenvalue weighted by molar-refractivity contribution is 5.55. The molecule has 1 aliphatic rings. The maximum Gasteiger partial charge on any atom is 0.206 e. The Morgan fingerprint density at radius 3 is 2.80 bits per heavy atom. The van der Waals surface area contributed by atoms with Crippen LogP contribution in [-0.4, -0.2) is 63.1 Å². The molecule has 0 radical (unpaired) electrons. The van der Waals surface area contributed by atoms with Gasteiger partial charge in [-0.1, -0.05) is 0 Å². The fourth-order valence-electron chi connectivity index (χ4n) is 2.14. The molecule has 2 N–H and O–H groups in total. The number of aliphatic hydroxyl groups is 1. The van der Waals surface area contributed by atoms with Crippen LogP contribution in [0, 0.1) is 0 Å². The Bertz CT molecular complexity index is 547. The van der Waals surface area contributed by atoms with Gasteiger partial charge in [0.2, 0.25) is 5.82 Å². The number of pyridine rings is 1. The lowest BCUT2D eigenvalue weighted by Gasteiger charge is -2.28. The maximum atomic E-state index is 8.83. The van der Waals surface area contributed by atoms with Gasteiger partial charge in [0.1, 0.15) is 5.82 Å². The molecule has 0 aliphatic carbocycles. The largest absolute Gasteiger partial charge is 0.394 e. The SMILES string of the molecule is OCCn1nnc(-c2ccc(N3CCNCC3)nc2)n1. The Morgan fingerprint density at radius 2 is 2.10 bits per heavy atom. The predicted octanol–water partition coefficient (Wildman–Crippen LogP) is -0.863. The Morgan fingerprint density at radius 1 is 1.25 bits per heavy atom. The van der Waals surface area contributed by atoms with Crippen LogP contribution in [0.15, 0.2) is 18.3 Å². The summed E-state index contributed by atoms with van der Waals surface area (Å²) in [7, 11) is 0. The lowest BCUT2D eigenvalue weighted by Crippen LogP contribution is -2.43. The minimum Gasteiger partial charge on any atom is -0.394 e. The number of aliphatic hydroxyl groups excluding tert-OH is 1. The third kappa shape index (κ3) is 2.75. The van der Waals surface area contributed by atoms with E-state index in [1.54, 1.807) is 6.20 Å². The summed E-state index contributed by atoms with van der Waals surface area (Å²) in [6, 6.07) is 3.93. The number of tetrazole rings is 1. The number of rotatable bonds is 4. The van der Waals surface area contributed by atoms with E-state index in [1.165, 1.54) is 4.80 Å². The van der Waals surface area contributed by atoms with Crippen LogP contribution in [0.1, 0.15) is 0 Å². The second-order valence-corrected chi connectivity index (χ2v) is 4.57. The molecule has 3 rings (SSSR count). The molecule has 0 aromatic carbocycles. The molecule has 0 amide bonds. The molecule has 8 heteroatoms. The normalized spacial score (nSPS) is 15.6. The molecular formula is C12H17N7O.